The molecule has 1 aromatic carbocycles. The van der Waals surface area contributed by atoms with E-state index in [-0.39, 0.29) is 79.7 Å². The number of benzene rings is 1. The number of aromatic hydroxyl groups is 1. The van der Waals surface area contributed by atoms with Crippen LogP contribution in [0.3, 0.4) is 0 Å². The minimum absolute atomic E-state index is 0.0229. The van der Waals surface area contributed by atoms with Gasteiger partial charge in [0, 0.05) is 86.5 Å². The van der Waals surface area contributed by atoms with E-state index in [1.807, 2.05) is 81.4 Å². The number of nitrogens with one attached hydrogen (secondary N) is 4. The maximum Gasteiger partial charge on any atom is 0.342 e. The third-order valence-electron chi connectivity index (χ3n) is 21.9. The maximum absolute atomic E-state index is 15.1. The van der Waals surface area contributed by atoms with Crippen LogP contribution in [0.2, 0.25) is 0 Å². The highest BCUT2D eigenvalue weighted by molar-refractivity contribution is 6.01. The van der Waals surface area contributed by atoms with Crippen LogP contribution in [0.1, 0.15) is 203 Å². The topological polar surface area (TPSA) is 373 Å². The number of phenols is 1. The molecule has 6 N–H and O–H groups in total. The smallest absolute Gasteiger partial charge is 0.342 e. The van der Waals surface area contributed by atoms with E-state index < -0.39 is 162 Å². The summed E-state index contributed by atoms with van der Waals surface area (Å²) in [6, 6.07) is -12.3. The first-order valence-corrected chi connectivity index (χ1v) is 41.2. The molecule has 0 unspecified atom stereocenters. The van der Waals surface area contributed by atoms with Crippen molar-refractivity contribution in [2.24, 2.45) is 41.4 Å². The number of hydrogen-bond donors (Lipinski definition) is 6. The van der Waals surface area contributed by atoms with Gasteiger partial charge in [0.2, 0.25) is 65.0 Å². The minimum atomic E-state index is -1.61. The van der Waals surface area contributed by atoms with Gasteiger partial charge in [-0.3, -0.25) is 62.4 Å². The fourth-order valence-electron chi connectivity index (χ4n) is 14.6. The Labute approximate surface area is 689 Å². The molecule has 11 amide bonds. The lowest BCUT2D eigenvalue weighted by Crippen LogP contribution is -2.63. The Bertz CT molecular complexity index is 3590. The predicted octanol–water partition coefficient (Wildman–Crippen LogP) is 5.79. The molecular formula is C85H142N12O19. The van der Waals surface area contributed by atoms with Crippen molar-refractivity contribution < 1.29 is 91.5 Å². The van der Waals surface area contributed by atoms with E-state index in [0.29, 0.717) is 49.2 Å². The molecule has 0 aromatic heterocycles. The van der Waals surface area contributed by atoms with Crippen molar-refractivity contribution >= 4 is 76.9 Å². The Morgan fingerprint density at radius 2 is 1.09 bits per heavy atom. The van der Waals surface area contributed by atoms with Crippen molar-refractivity contribution in [3.05, 3.63) is 46.1 Å². The van der Waals surface area contributed by atoms with Crippen LogP contribution in [-0.2, 0) is 84.8 Å². The number of carbonyl (C=O) groups excluding carboxylic acids is 13. The molecule has 0 bridgehead atoms. The van der Waals surface area contributed by atoms with Gasteiger partial charge in [0.05, 0.1) is 33.0 Å². The van der Waals surface area contributed by atoms with E-state index in [1.165, 1.54) is 87.7 Å². The molecule has 656 valence electrons. The molecule has 2 saturated heterocycles. The Morgan fingerprint density at radius 1 is 0.595 bits per heavy atom. The summed E-state index contributed by atoms with van der Waals surface area (Å²) in [4.78, 5) is 195. The highest BCUT2D eigenvalue weighted by atomic mass is 16.5. The quantitative estimate of drug-likeness (QED) is 0.0526. The number of ether oxygens (including phenoxy) is 4. The Hall–Kier alpha value is -8.71. The molecule has 2 fully saturated rings. The van der Waals surface area contributed by atoms with Crippen LogP contribution >= 0.6 is 0 Å². The molecule has 12 atom stereocenters. The average molecular weight is 1640 g/mol. The highest BCUT2D eigenvalue weighted by Gasteiger charge is 2.46. The second kappa shape index (κ2) is 47.6. The molecule has 31 nitrogen and oxygen atoms in total. The Morgan fingerprint density at radius 3 is 1.61 bits per heavy atom. The van der Waals surface area contributed by atoms with Gasteiger partial charge in [0.15, 0.2) is 0 Å². The van der Waals surface area contributed by atoms with Gasteiger partial charge >= 0.3 is 11.9 Å². The monoisotopic (exact) mass is 1640 g/mol. The van der Waals surface area contributed by atoms with Crippen LogP contribution < -0.4 is 26.0 Å². The van der Waals surface area contributed by atoms with E-state index in [4.69, 9.17) is 18.9 Å². The number of likely N-dealkylation sites (N-methyl/N-ethyl adjacent to an activating group) is 7. The number of methoxy groups -OCH3 is 1. The van der Waals surface area contributed by atoms with Crippen LogP contribution in [0.5, 0.6) is 11.5 Å². The summed E-state index contributed by atoms with van der Waals surface area (Å²) in [7, 11) is 11.5. The van der Waals surface area contributed by atoms with Crippen LogP contribution in [-0.4, -0.2) is 295 Å². The number of aliphatic hydroxyl groups is 1. The van der Waals surface area contributed by atoms with Crippen molar-refractivity contribution in [2.45, 2.75) is 262 Å². The first-order chi connectivity index (χ1) is 54.1. The molecule has 3 heterocycles. The van der Waals surface area contributed by atoms with Crippen molar-refractivity contribution in [1.29, 1.82) is 0 Å². The van der Waals surface area contributed by atoms with Crippen LogP contribution in [0.4, 0.5) is 0 Å². The zero-order valence-corrected chi connectivity index (χ0v) is 74.6. The second-order valence-corrected chi connectivity index (χ2v) is 33.9. The van der Waals surface area contributed by atoms with Gasteiger partial charge in [-0.25, -0.2) is 4.79 Å². The number of morpholine rings is 1. The van der Waals surface area contributed by atoms with E-state index in [9.17, 15) is 63.0 Å². The van der Waals surface area contributed by atoms with Gasteiger partial charge in [0.25, 0.3) is 0 Å². The zero-order valence-electron chi connectivity index (χ0n) is 74.6. The number of esters is 2. The normalized spacial score (nSPS) is 24.2. The summed E-state index contributed by atoms with van der Waals surface area (Å²) in [5.41, 5.74) is 3.23. The summed E-state index contributed by atoms with van der Waals surface area (Å²) in [5, 5.41) is 33.7. The van der Waals surface area contributed by atoms with Crippen molar-refractivity contribution in [3.8, 4) is 11.5 Å². The van der Waals surface area contributed by atoms with Gasteiger partial charge < -0.3 is 84.7 Å². The molecule has 116 heavy (non-hydrogen) atoms. The molecule has 0 aliphatic carbocycles. The molecule has 1 aromatic rings. The van der Waals surface area contributed by atoms with Gasteiger partial charge in [-0.05, 0) is 133 Å². The van der Waals surface area contributed by atoms with Gasteiger partial charge in [-0.1, -0.05) is 121 Å². The molecular weight excluding hydrogens is 1490 g/mol. The summed E-state index contributed by atoms with van der Waals surface area (Å²) in [6.07, 6.45) is 6.22. The number of phenolic OH excluding ortho intramolecular Hbond substituents is 1. The number of fused-ring (bicyclic) bond motifs is 1. The lowest BCUT2D eigenvalue weighted by molar-refractivity contribution is -0.157. The first kappa shape index (κ1) is 101. The maximum atomic E-state index is 15.1. The Balaban J connectivity index is 0.000000923. The highest BCUT2D eigenvalue weighted by Crippen LogP contribution is 2.42. The predicted molar refractivity (Wildman–Crippen MR) is 442 cm³/mol. The molecule has 31 heteroatoms. The minimum Gasteiger partial charge on any atom is -0.507 e. The van der Waals surface area contributed by atoms with E-state index in [0.717, 1.165) is 53.8 Å². The number of rotatable bonds is 24. The summed E-state index contributed by atoms with van der Waals surface area (Å²) >= 11 is 0. The molecule has 0 saturated carbocycles. The SMILES string of the molecule is C/C=C/C[C@@H](C)[C@@H](O)[C@H]1C(=O)N[C@@H](CC)C(=O)N(C)CC(=O)N(C)[C@@H](CC(C)C)C(=O)N[C@@H](C(C)C)C(=O)N(C)[C@@H](CC(C)C)C(=O)N[C@@H](C)C(=O)N[C@H](C)C(=O)N(C)[C@@H](CC(C)C)C(=O)N(C)[C@@H](CC(C)C)C(=O)N(C)[C@@H](C(C)C)C(=O)N1C.COc1c(C)c2c(c(O)c1C/C=C(\C)CCC(=O)OCCN1CCOCC1)C(=O)OC2. The average Bonchev–Trinajstić information content (AvgIpc) is 1.56. The van der Waals surface area contributed by atoms with Crippen molar-refractivity contribution in [2.75, 3.05) is 102 Å². The van der Waals surface area contributed by atoms with Crippen LogP contribution in [0.15, 0.2) is 23.8 Å². The van der Waals surface area contributed by atoms with Crippen molar-refractivity contribution in [3.63, 3.8) is 0 Å². The second-order valence-electron chi connectivity index (χ2n) is 33.9. The molecule has 3 aliphatic rings. The number of nitrogens with zero attached hydrogens (tertiary/aromatic N) is 8. The van der Waals surface area contributed by atoms with Gasteiger partial charge in [-0.15, -0.1) is 0 Å². The molecule has 3 aliphatic heterocycles. The van der Waals surface area contributed by atoms with Crippen molar-refractivity contribution in [1.82, 2.24) is 60.5 Å². The van der Waals surface area contributed by atoms with Gasteiger partial charge in [0.1, 0.15) is 90.7 Å². The largest absolute Gasteiger partial charge is 0.507 e. The first-order valence-electron chi connectivity index (χ1n) is 41.2. The van der Waals surface area contributed by atoms with E-state index in [1.54, 1.807) is 61.7 Å². The lowest BCUT2D eigenvalue weighted by atomic mass is 9.91. The standard InChI is InChI=1S/C62H111N11O12.C23H31NO7/c1-25-27-28-40(15)52(75)51-56(79)65-43(26-2)58(81)67(18)33-48(74)68(19)44(29-34(3)4)55(78)66-49(38(11)12)61(84)69(20)45(30-35(5)6)54(77)63-41(16)53(76)64-42(17)57(80)70(21)46(31-36(7)8)59(82)71(22)47(32-37(9)10)60(83)72(23)50(39(13)14)62(85)73(51)24;1-15(5-7-19(25)30-13-10-24-8-11-29-12-9-24)4-6-17-21(26)20-18(14-31-23(20)27)16(2)22(17)28-3/h25,27,34-47,49-52,75H,26,28-33H2,1-24H3,(H,63,77)(H,64,76)(H,65,79)(H,66,78);4,26H,5-14H2,1-3H3/b27-25+;15-4+/t40-,41+,42-,43+,44+,45+,46+,47+,49+,50+,51+,52-;/m1./s1. The Kier molecular flexibility index (Phi) is 41.7. The number of allylic oxidation sites excluding steroid dienone is 4. The fraction of sp³-hybridized carbons (Fsp3) is 0.729. The molecule has 0 spiro atoms. The fourth-order valence-corrected chi connectivity index (χ4v) is 14.6. The lowest BCUT2D eigenvalue weighted by Gasteiger charge is -2.41. The molecule has 4 rings (SSSR count). The number of amides is 11. The summed E-state index contributed by atoms with van der Waals surface area (Å²) in [5.74, 6) is -9.98. The third kappa shape index (κ3) is 28.5. The third-order valence-corrected chi connectivity index (χ3v) is 21.9. The molecule has 0 radical (unpaired) electrons. The van der Waals surface area contributed by atoms with Crippen LogP contribution in [0.25, 0.3) is 0 Å². The van der Waals surface area contributed by atoms with E-state index in [2.05, 4.69) is 26.2 Å². The number of carbonyl (C=O) groups is 13. The van der Waals surface area contributed by atoms with Crippen LogP contribution in [0, 0.1) is 48.3 Å². The number of hydrogen-bond acceptors (Lipinski definition) is 20. The summed E-state index contributed by atoms with van der Waals surface area (Å²) in [6.45, 7) is 37.6. The zero-order chi connectivity index (χ0) is 88.4. The van der Waals surface area contributed by atoms with Gasteiger partial charge in [-0.2, -0.15) is 0 Å². The number of aliphatic hydroxyl groups excluding tert-OH is 1. The summed E-state index contributed by atoms with van der Waals surface area (Å²) < 4.78 is 21.2. The number of cyclic esters (lactones) is 1. The van der Waals surface area contributed by atoms with E-state index >= 15 is 9.59 Å².